The Morgan fingerprint density at radius 2 is 1.63 bits per heavy atom. The summed E-state index contributed by atoms with van der Waals surface area (Å²) in [5.41, 5.74) is 6.70. The average Bonchev–Trinajstić information content (AvgIpc) is 2.36. The third-order valence-electron chi connectivity index (χ3n) is 2.68. The molecule has 0 saturated carbocycles. The Morgan fingerprint density at radius 1 is 1.05 bits per heavy atom. The van der Waals surface area contributed by atoms with Gasteiger partial charge >= 0.3 is 5.95 Å². The maximum Gasteiger partial charge on any atom is 0.329 e. The van der Waals surface area contributed by atoms with Crippen molar-refractivity contribution in [3.05, 3.63) is 12.1 Å². The van der Waals surface area contributed by atoms with Gasteiger partial charge in [-0.2, -0.15) is 9.97 Å². The van der Waals surface area contributed by atoms with Gasteiger partial charge in [-0.15, -0.1) is 0 Å². The molecule has 0 amide bonds. The molecule has 0 bridgehead atoms. The van der Waals surface area contributed by atoms with E-state index in [9.17, 15) is 0 Å². The number of rotatable bonds is 3. The average molecular weight is 285 g/mol. The van der Waals surface area contributed by atoms with Gasteiger partial charge in [-0.3, -0.25) is 4.90 Å². The zero-order valence-electron chi connectivity index (χ0n) is 11.3. The maximum atomic E-state index is 5.95. The molecule has 0 aliphatic carbocycles. The highest BCUT2D eigenvalue weighted by Crippen LogP contribution is 2.33. The minimum absolute atomic E-state index is 0. The number of hydrogen-bond acceptors (Lipinski definition) is 5. The van der Waals surface area contributed by atoms with Crippen LogP contribution in [-0.2, 0) is 0 Å². The van der Waals surface area contributed by atoms with Crippen molar-refractivity contribution in [3.8, 4) is 11.5 Å². The van der Waals surface area contributed by atoms with Gasteiger partial charge in [0.2, 0.25) is 0 Å². The van der Waals surface area contributed by atoms with Crippen molar-refractivity contribution in [2.24, 2.45) is 0 Å². The predicted octanol–water partition coefficient (Wildman–Crippen LogP) is -2.99. The number of nitrogen functional groups attached to an aromatic ring is 1. The number of quaternary nitrogens is 1. The van der Waals surface area contributed by atoms with Gasteiger partial charge in [0.15, 0.2) is 11.5 Å². The lowest BCUT2D eigenvalue weighted by Crippen LogP contribution is -3.01. The van der Waals surface area contributed by atoms with E-state index < -0.39 is 0 Å². The summed E-state index contributed by atoms with van der Waals surface area (Å²) in [6, 6.07) is 3.59. The maximum absolute atomic E-state index is 5.95. The smallest absolute Gasteiger partial charge is 0.329 e. The molecule has 1 heterocycles. The zero-order valence-corrected chi connectivity index (χ0v) is 12.1. The number of nitrogens with two attached hydrogens (primary N) is 1. The fraction of sp³-hybridized carbons (Fsp3) is 0.333. The molecule has 0 atom stereocenters. The molecule has 0 aliphatic heterocycles. The van der Waals surface area contributed by atoms with Crippen LogP contribution in [0.3, 0.4) is 0 Å². The summed E-state index contributed by atoms with van der Waals surface area (Å²) in [4.78, 5) is 9.73. The third-order valence-corrected chi connectivity index (χ3v) is 2.68. The number of fused-ring (bicyclic) bond motifs is 1. The second kappa shape index (κ2) is 5.90. The molecule has 6 nitrogen and oxygen atoms in total. The molecule has 19 heavy (non-hydrogen) atoms. The van der Waals surface area contributed by atoms with E-state index in [2.05, 4.69) is 9.97 Å². The third kappa shape index (κ3) is 2.80. The number of nitrogens with one attached hydrogen (secondary N) is 1. The Morgan fingerprint density at radius 3 is 2.16 bits per heavy atom. The molecule has 0 aliphatic rings. The van der Waals surface area contributed by atoms with E-state index in [0.29, 0.717) is 23.3 Å². The number of aromatic nitrogens is 2. The largest absolute Gasteiger partial charge is 1.00 e. The molecule has 1 aromatic carbocycles. The number of hydrogen-bond donors (Lipinski definition) is 2. The Labute approximate surface area is 117 Å². The van der Waals surface area contributed by atoms with E-state index in [1.807, 2.05) is 14.1 Å². The zero-order chi connectivity index (χ0) is 13.3. The van der Waals surface area contributed by atoms with Crippen molar-refractivity contribution in [2.75, 3.05) is 34.0 Å². The van der Waals surface area contributed by atoms with Crippen LogP contribution in [0.2, 0.25) is 0 Å². The highest BCUT2D eigenvalue weighted by atomic mass is 35.5. The number of nitrogens with zero attached hydrogens (tertiary/aromatic N) is 2. The van der Waals surface area contributed by atoms with E-state index in [-0.39, 0.29) is 12.4 Å². The number of ether oxygens (including phenoxy) is 2. The summed E-state index contributed by atoms with van der Waals surface area (Å²) >= 11 is 0. The van der Waals surface area contributed by atoms with Crippen LogP contribution in [0.1, 0.15) is 0 Å². The first-order valence-electron chi connectivity index (χ1n) is 5.56. The van der Waals surface area contributed by atoms with E-state index in [1.54, 1.807) is 26.4 Å². The number of anilines is 1. The standard InChI is InChI=1S/C12H16N4O2.ClH/c1-16(2)12-14-8-6-10(18-4)9(17-3)5-7(8)11(13)15-12;/h5-6H,1-4H3,(H2,13,14,15);1H. The fourth-order valence-corrected chi connectivity index (χ4v) is 1.70. The van der Waals surface area contributed by atoms with Crippen molar-refractivity contribution in [1.29, 1.82) is 0 Å². The Hall–Kier alpha value is -1.79. The number of halogens is 1. The second-order valence-corrected chi connectivity index (χ2v) is 4.16. The lowest BCUT2D eigenvalue weighted by molar-refractivity contribution is -0.792. The molecule has 0 radical (unpaired) electrons. The Kier molecular flexibility index (Phi) is 4.74. The molecule has 2 aromatic rings. The molecule has 7 heteroatoms. The summed E-state index contributed by atoms with van der Waals surface area (Å²) in [5.74, 6) is 2.33. The SMILES string of the molecule is COc1cc2nc([NH+](C)C)nc(N)c2cc1OC.[Cl-]. The quantitative estimate of drug-likeness (QED) is 0.629. The molecule has 3 N–H and O–H groups in total. The highest BCUT2D eigenvalue weighted by molar-refractivity contribution is 5.91. The van der Waals surface area contributed by atoms with Gasteiger partial charge in [0.25, 0.3) is 0 Å². The minimum Gasteiger partial charge on any atom is -1.00 e. The topological polar surface area (TPSA) is 74.7 Å². The molecule has 1 aromatic heterocycles. The van der Waals surface area contributed by atoms with E-state index in [1.165, 1.54) is 0 Å². The number of methoxy groups -OCH3 is 2. The van der Waals surface area contributed by atoms with E-state index in [0.717, 1.165) is 15.8 Å². The van der Waals surface area contributed by atoms with Crippen LogP contribution in [0.15, 0.2) is 12.1 Å². The minimum atomic E-state index is 0. The highest BCUT2D eigenvalue weighted by Gasteiger charge is 2.14. The summed E-state index contributed by atoms with van der Waals surface area (Å²) in [6.45, 7) is 0. The summed E-state index contributed by atoms with van der Waals surface area (Å²) in [5, 5.41) is 0.762. The predicted molar refractivity (Wildman–Crippen MR) is 69.5 cm³/mol. The Bertz CT molecular complexity index is 589. The van der Waals surface area contributed by atoms with Crippen molar-refractivity contribution in [2.45, 2.75) is 0 Å². The monoisotopic (exact) mass is 284 g/mol. The second-order valence-electron chi connectivity index (χ2n) is 4.16. The lowest BCUT2D eigenvalue weighted by atomic mass is 10.2. The first-order chi connectivity index (χ1) is 8.56. The molecular weight excluding hydrogens is 268 g/mol. The van der Waals surface area contributed by atoms with Crippen LogP contribution in [0.25, 0.3) is 10.9 Å². The van der Waals surface area contributed by atoms with Crippen LogP contribution in [0.4, 0.5) is 11.8 Å². The van der Waals surface area contributed by atoms with Gasteiger partial charge < -0.3 is 27.6 Å². The van der Waals surface area contributed by atoms with Gasteiger partial charge in [-0.05, 0) is 6.07 Å². The van der Waals surface area contributed by atoms with Crippen molar-refractivity contribution in [1.82, 2.24) is 9.97 Å². The van der Waals surface area contributed by atoms with E-state index in [4.69, 9.17) is 15.2 Å². The van der Waals surface area contributed by atoms with Crippen LogP contribution in [0.5, 0.6) is 11.5 Å². The first-order valence-corrected chi connectivity index (χ1v) is 5.56. The van der Waals surface area contributed by atoms with Gasteiger partial charge in [0.05, 0.1) is 33.8 Å². The summed E-state index contributed by atoms with van der Waals surface area (Å²) in [7, 11) is 7.06. The van der Waals surface area contributed by atoms with Crippen LogP contribution < -0.4 is 32.5 Å². The van der Waals surface area contributed by atoms with Crippen LogP contribution >= 0.6 is 0 Å². The molecule has 104 valence electrons. The molecule has 0 saturated heterocycles. The normalized spacial score (nSPS) is 10.4. The molecule has 0 unspecified atom stereocenters. The molecule has 2 rings (SSSR count). The van der Waals surface area contributed by atoms with Gasteiger partial charge in [0, 0.05) is 11.5 Å². The molecule has 0 spiro atoms. The fourth-order valence-electron chi connectivity index (χ4n) is 1.70. The Balaban J connectivity index is 0.00000180. The van der Waals surface area contributed by atoms with Crippen LogP contribution in [-0.4, -0.2) is 38.3 Å². The van der Waals surface area contributed by atoms with Crippen LogP contribution in [0, 0.1) is 0 Å². The first kappa shape index (κ1) is 15.3. The lowest BCUT2D eigenvalue weighted by Gasteiger charge is -2.11. The van der Waals surface area contributed by atoms with Gasteiger partial charge in [-0.1, -0.05) is 0 Å². The summed E-state index contributed by atoms with van der Waals surface area (Å²) < 4.78 is 10.5. The van der Waals surface area contributed by atoms with Crippen molar-refractivity contribution in [3.63, 3.8) is 0 Å². The van der Waals surface area contributed by atoms with Gasteiger partial charge in [0.1, 0.15) is 5.82 Å². The van der Waals surface area contributed by atoms with Crippen molar-refractivity contribution >= 4 is 22.7 Å². The van der Waals surface area contributed by atoms with Gasteiger partial charge in [-0.25, -0.2) is 0 Å². The van der Waals surface area contributed by atoms with E-state index >= 15 is 0 Å². The summed E-state index contributed by atoms with van der Waals surface area (Å²) in [6.07, 6.45) is 0. The molecule has 0 fully saturated rings. The number of benzene rings is 1. The molecular formula is C12H17ClN4O2. The van der Waals surface area contributed by atoms with Crippen molar-refractivity contribution < 1.29 is 26.8 Å².